The maximum absolute atomic E-state index is 13.0. The van der Waals surface area contributed by atoms with Crippen LogP contribution in [0.1, 0.15) is 12.0 Å². The van der Waals surface area contributed by atoms with Gasteiger partial charge in [-0.2, -0.15) is 0 Å². The highest BCUT2D eigenvalue weighted by Gasteiger charge is 2.27. The molecule has 4 rings (SSSR count). The fraction of sp³-hybridized carbons (Fsp3) is 0.200. The van der Waals surface area contributed by atoms with Gasteiger partial charge in [-0.25, -0.2) is 13.1 Å². The smallest absolute Gasteiger partial charge is 0.280 e. The van der Waals surface area contributed by atoms with Crippen LogP contribution in [0.25, 0.3) is 16.9 Å². The van der Waals surface area contributed by atoms with Crippen molar-refractivity contribution >= 4 is 16.1 Å². The number of benzene rings is 2. The average Bonchev–Trinajstić information content (AvgIpc) is 3.20. The van der Waals surface area contributed by atoms with Crippen molar-refractivity contribution in [2.75, 3.05) is 11.5 Å². The Morgan fingerprint density at radius 2 is 1.70 bits per heavy atom. The van der Waals surface area contributed by atoms with Crippen LogP contribution >= 0.6 is 0 Å². The van der Waals surface area contributed by atoms with E-state index in [1.54, 1.807) is 0 Å². The van der Waals surface area contributed by atoms with Crippen LogP contribution in [-0.4, -0.2) is 42.0 Å². The second-order valence-corrected chi connectivity index (χ2v) is 8.81. The number of nitrogens with one attached hydrogen (secondary N) is 1. The Morgan fingerprint density at radius 3 is 2.33 bits per heavy atom. The van der Waals surface area contributed by atoms with Crippen LogP contribution in [0.15, 0.2) is 70.5 Å². The number of aliphatic imine (C=N–C) groups is 1. The van der Waals surface area contributed by atoms with Crippen LogP contribution in [-0.2, 0) is 9.84 Å². The fourth-order valence-corrected chi connectivity index (χ4v) is 4.86. The molecule has 1 aliphatic rings. The molecule has 2 heterocycles. The molecule has 0 saturated carbocycles. The largest absolute Gasteiger partial charge is 0.290 e. The van der Waals surface area contributed by atoms with Gasteiger partial charge in [-0.05, 0) is 18.6 Å². The number of aromatic nitrogens is 2. The number of H-pyrrole nitrogens is 1. The Hall–Kier alpha value is -2.93. The first kappa shape index (κ1) is 17.5. The number of hydrogen-bond donors (Lipinski definition) is 1. The lowest BCUT2D eigenvalue weighted by Gasteiger charge is -2.02. The van der Waals surface area contributed by atoms with E-state index < -0.39 is 9.84 Å². The van der Waals surface area contributed by atoms with E-state index in [1.807, 2.05) is 60.7 Å². The van der Waals surface area contributed by atoms with Crippen LogP contribution in [0.3, 0.4) is 0 Å². The minimum atomic E-state index is -3.01. The van der Waals surface area contributed by atoms with Gasteiger partial charge in [0, 0.05) is 11.8 Å². The van der Waals surface area contributed by atoms with Gasteiger partial charge in [0.05, 0.1) is 34.5 Å². The maximum atomic E-state index is 13.0. The van der Waals surface area contributed by atoms with Gasteiger partial charge in [0.2, 0.25) is 0 Å². The Bertz CT molecular complexity index is 1130. The summed E-state index contributed by atoms with van der Waals surface area (Å²) in [6.07, 6.45) is 2.02. The monoisotopic (exact) mass is 381 g/mol. The van der Waals surface area contributed by atoms with Crippen molar-refractivity contribution in [3.8, 4) is 16.9 Å². The van der Waals surface area contributed by atoms with Gasteiger partial charge in [-0.15, -0.1) is 0 Å². The molecule has 1 aliphatic heterocycles. The molecule has 0 bridgehead atoms. The van der Waals surface area contributed by atoms with E-state index in [9.17, 15) is 13.2 Å². The van der Waals surface area contributed by atoms with E-state index in [0.29, 0.717) is 17.7 Å². The highest BCUT2D eigenvalue weighted by Crippen LogP contribution is 2.20. The van der Waals surface area contributed by atoms with Gasteiger partial charge >= 0.3 is 0 Å². The SMILES string of the molecule is O=c1c(C=NC2CCS(=O)(=O)C2)c(-c2ccccc2)[nH]n1-c1ccccc1. The molecule has 27 heavy (non-hydrogen) atoms. The molecule has 0 amide bonds. The quantitative estimate of drug-likeness (QED) is 0.705. The first-order chi connectivity index (χ1) is 13.0. The van der Waals surface area contributed by atoms with Gasteiger partial charge in [0.15, 0.2) is 9.84 Å². The van der Waals surface area contributed by atoms with Crippen LogP contribution in [0.4, 0.5) is 0 Å². The number of aromatic amines is 1. The summed E-state index contributed by atoms with van der Waals surface area (Å²) in [4.78, 5) is 17.4. The van der Waals surface area contributed by atoms with Gasteiger partial charge in [0.1, 0.15) is 0 Å². The molecule has 0 aliphatic carbocycles. The lowest BCUT2D eigenvalue weighted by atomic mass is 10.1. The third-order valence-corrected chi connectivity index (χ3v) is 6.38. The van der Waals surface area contributed by atoms with Gasteiger partial charge < -0.3 is 0 Å². The second-order valence-electron chi connectivity index (χ2n) is 6.58. The van der Waals surface area contributed by atoms with E-state index in [4.69, 9.17) is 0 Å². The molecule has 1 saturated heterocycles. The third kappa shape index (κ3) is 3.64. The number of hydrogen-bond acceptors (Lipinski definition) is 4. The third-order valence-electron chi connectivity index (χ3n) is 4.63. The summed E-state index contributed by atoms with van der Waals surface area (Å²) in [7, 11) is -3.01. The fourth-order valence-electron chi connectivity index (χ4n) is 3.23. The Labute approximate surface area is 157 Å². The molecule has 0 spiro atoms. The van der Waals surface area contributed by atoms with Crippen molar-refractivity contribution in [1.29, 1.82) is 0 Å². The van der Waals surface area contributed by atoms with Crippen molar-refractivity contribution in [3.05, 3.63) is 76.6 Å². The molecule has 1 atom stereocenters. The van der Waals surface area contributed by atoms with Gasteiger partial charge in [-0.3, -0.25) is 14.9 Å². The highest BCUT2D eigenvalue weighted by atomic mass is 32.2. The number of sulfone groups is 1. The predicted octanol–water partition coefficient (Wildman–Crippen LogP) is 2.44. The van der Waals surface area contributed by atoms with Gasteiger partial charge in [0.25, 0.3) is 5.56 Å². The highest BCUT2D eigenvalue weighted by molar-refractivity contribution is 7.91. The van der Waals surface area contributed by atoms with E-state index in [0.717, 1.165) is 11.3 Å². The molecule has 3 aromatic rings. The predicted molar refractivity (Wildman–Crippen MR) is 106 cm³/mol. The molecule has 7 heteroatoms. The maximum Gasteiger partial charge on any atom is 0.280 e. The number of nitrogens with zero attached hydrogens (tertiary/aromatic N) is 2. The molecule has 2 aromatic carbocycles. The first-order valence-corrected chi connectivity index (χ1v) is 10.5. The van der Waals surface area contributed by atoms with Crippen LogP contribution in [0, 0.1) is 0 Å². The second kappa shape index (κ2) is 7.00. The molecule has 138 valence electrons. The molecular formula is C20H19N3O3S. The summed E-state index contributed by atoms with van der Waals surface area (Å²) in [5.41, 5.74) is 2.46. The lowest BCUT2D eigenvalue weighted by molar-refractivity contribution is 0.601. The zero-order valence-corrected chi connectivity index (χ0v) is 15.4. The zero-order chi connectivity index (χ0) is 18.9. The summed E-state index contributed by atoms with van der Waals surface area (Å²) in [6, 6.07) is 18.5. The average molecular weight is 381 g/mol. The summed E-state index contributed by atoms with van der Waals surface area (Å²) in [6.45, 7) is 0. The topological polar surface area (TPSA) is 84.3 Å². The molecule has 1 aromatic heterocycles. The van der Waals surface area contributed by atoms with Crippen molar-refractivity contribution < 1.29 is 8.42 Å². The molecule has 1 N–H and O–H groups in total. The summed E-state index contributed by atoms with van der Waals surface area (Å²) >= 11 is 0. The Morgan fingerprint density at radius 1 is 1.04 bits per heavy atom. The lowest BCUT2D eigenvalue weighted by Crippen LogP contribution is -2.17. The first-order valence-electron chi connectivity index (χ1n) is 8.73. The standard InChI is InChI=1S/C20H19N3O3S/c24-20-18(13-21-16-11-12-27(25,26)14-16)19(15-7-3-1-4-8-15)22-23(20)17-9-5-2-6-10-17/h1-10,13,16,22H,11-12,14H2. The zero-order valence-electron chi connectivity index (χ0n) is 14.6. The summed E-state index contributed by atoms with van der Waals surface area (Å²) < 4.78 is 24.8. The van der Waals surface area contributed by atoms with E-state index in [-0.39, 0.29) is 23.1 Å². The summed E-state index contributed by atoms with van der Waals surface area (Å²) in [5.74, 6) is 0.198. The van der Waals surface area contributed by atoms with Gasteiger partial charge in [-0.1, -0.05) is 48.5 Å². The van der Waals surface area contributed by atoms with E-state index in [1.165, 1.54) is 10.9 Å². The molecule has 1 fully saturated rings. The van der Waals surface area contributed by atoms with Crippen LogP contribution in [0.2, 0.25) is 0 Å². The van der Waals surface area contributed by atoms with Crippen molar-refractivity contribution in [1.82, 2.24) is 9.78 Å². The minimum Gasteiger partial charge on any atom is -0.290 e. The minimum absolute atomic E-state index is 0.0431. The van der Waals surface area contributed by atoms with E-state index >= 15 is 0 Å². The Balaban J connectivity index is 1.79. The van der Waals surface area contributed by atoms with Crippen LogP contribution in [0.5, 0.6) is 0 Å². The normalized spacial score (nSPS) is 18.9. The van der Waals surface area contributed by atoms with Crippen molar-refractivity contribution in [2.45, 2.75) is 12.5 Å². The van der Waals surface area contributed by atoms with E-state index in [2.05, 4.69) is 10.1 Å². The van der Waals surface area contributed by atoms with Crippen molar-refractivity contribution in [3.63, 3.8) is 0 Å². The molecular weight excluding hydrogens is 362 g/mol. The van der Waals surface area contributed by atoms with Crippen molar-refractivity contribution in [2.24, 2.45) is 4.99 Å². The molecule has 6 nitrogen and oxygen atoms in total. The summed E-state index contributed by atoms with van der Waals surface area (Å²) in [5, 5.41) is 3.17. The van der Waals surface area contributed by atoms with Crippen LogP contribution < -0.4 is 5.56 Å². The Kier molecular flexibility index (Phi) is 4.53. The number of rotatable bonds is 4. The number of para-hydroxylation sites is 1. The molecule has 0 radical (unpaired) electrons. The molecule has 1 unspecified atom stereocenters.